The largest absolute Gasteiger partial charge is 0.468 e. The molecule has 0 spiro atoms. The summed E-state index contributed by atoms with van der Waals surface area (Å²) >= 11 is 0. The fraction of sp³-hybridized carbons (Fsp3) is 0.364. The number of anilines is 1. The molecule has 2 rings (SSSR count). The second kappa shape index (κ2) is 5.11. The van der Waals surface area contributed by atoms with Crippen molar-refractivity contribution >= 4 is 11.8 Å². The van der Waals surface area contributed by atoms with Crippen LogP contribution >= 0.6 is 0 Å². The summed E-state index contributed by atoms with van der Waals surface area (Å²) < 4.78 is 11.2. The fourth-order valence-corrected chi connectivity index (χ4v) is 1.63. The molecule has 0 fully saturated rings. The zero-order chi connectivity index (χ0) is 14.0. The monoisotopic (exact) mass is 267 g/mol. The molecule has 1 aromatic rings. The number of nitrogen functional groups attached to an aromatic ring is 1. The maximum absolute atomic E-state index is 11.6. The summed E-state index contributed by atoms with van der Waals surface area (Å²) in [7, 11) is 0. The molecule has 0 bridgehead atoms. The molecule has 0 amide bonds. The van der Waals surface area contributed by atoms with E-state index in [0.29, 0.717) is 0 Å². The van der Waals surface area contributed by atoms with Gasteiger partial charge in [-0.2, -0.15) is 4.98 Å². The molecule has 1 aliphatic heterocycles. The van der Waals surface area contributed by atoms with Crippen LogP contribution in [-0.4, -0.2) is 33.3 Å². The van der Waals surface area contributed by atoms with Gasteiger partial charge < -0.3 is 20.3 Å². The Hall–Kier alpha value is -2.35. The summed E-state index contributed by atoms with van der Waals surface area (Å²) in [6.07, 6.45) is 0.775. The third-order valence-electron chi connectivity index (χ3n) is 2.46. The molecule has 2 atom stereocenters. The van der Waals surface area contributed by atoms with Crippen molar-refractivity contribution in [3.63, 3.8) is 0 Å². The smallest absolute Gasteiger partial charge is 0.352 e. The summed E-state index contributed by atoms with van der Waals surface area (Å²) in [6, 6.07) is 1.42. The molecule has 102 valence electrons. The van der Waals surface area contributed by atoms with E-state index < -0.39 is 24.0 Å². The summed E-state index contributed by atoms with van der Waals surface area (Å²) in [4.78, 5) is 25.8. The van der Waals surface area contributed by atoms with Gasteiger partial charge in [0, 0.05) is 13.1 Å². The normalized spacial score (nSPS) is 21.7. The molecule has 19 heavy (non-hydrogen) atoms. The Balaban J connectivity index is 2.12. The lowest BCUT2D eigenvalue weighted by Gasteiger charge is -2.18. The van der Waals surface area contributed by atoms with Crippen LogP contribution < -0.4 is 11.4 Å². The maximum Gasteiger partial charge on any atom is 0.352 e. The van der Waals surface area contributed by atoms with Crippen molar-refractivity contribution in [1.82, 2.24) is 9.55 Å². The van der Waals surface area contributed by atoms with Crippen LogP contribution in [0, 0.1) is 0 Å². The second-order valence-corrected chi connectivity index (χ2v) is 3.95. The summed E-state index contributed by atoms with van der Waals surface area (Å²) in [5, 5.41) is 9.81. The van der Waals surface area contributed by atoms with Crippen LogP contribution in [-0.2, 0) is 14.3 Å². The minimum atomic E-state index is -1.03. The molecule has 1 aliphatic rings. The molecule has 0 aliphatic carbocycles. The van der Waals surface area contributed by atoms with Gasteiger partial charge in [-0.3, -0.25) is 9.36 Å². The molecule has 2 heterocycles. The Morgan fingerprint density at radius 3 is 3.05 bits per heavy atom. The van der Waals surface area contributed by atoms with Crippen molar-refractivity contribution in [3.8, 4) is 0 Å². The summed E-state index contributed by atoms with van der Waals surface area (Å²) in [5.74, 6) is -0.105. The maximum atomic E-state index is 11.6. The molecule has 8 nitrogen and oxygen atoms in total. The highest BCUT2D eigenvalue weighted by molar-refractivity contribution is 5.66. The van der Waals surface area contributed by atoms with Gasteiger partial charge in [0.1, 0.15) is 24.3 Å². The third kappa shape index (κ3) is 2.91. The summed E-state index contributed by atoms with van der Waals surface area (Å²) in [6.45, 7) is 1.16. The van der Waals surface area contributed by atoms with E-state index in [1.54, 1.807) is 0 Å². The third-order valence-corrected chi connectivity index (χ3v) is 2.46. The van der Waals surface area contributed by atoms with E-state index in [1.165, 1.54) is 25.3 Å². The number of esters is 1. The highest BCUT2D eigenvalue weighted by Crippen LogP contribution is 2.25. The zero-order valence-corrected chi connectivity index (χ0v) is 10.1. The topological polar surface area (TPSA) is 117 Å². The number of aromatic nitrogens is 2. The first-order valence-electron chi connectivity index (χ1n) is 5.51. The highest BCUT2D eigenvalue weighted by atomic mass is 16.6. The molecule has 8 heteroatoms. The summed E-state index contributed by atoms with van der Waals surface area (Å²) in [5.41, 5.74) is 4.74. The van der Waals surface area contributed by atoms with Gasteiger partial charge in [-0.25, -0.2) is 4.79 Å². The first-order chi connectivity index (χ1) is 8.97. The highest BCUT2D eigenvalue weighted by Gasteiger charge is 2.30. The molecule has 0 aromatic carbocycles. The van der Waals surface area contributed by atoms with Gasteiger partial charge in [-0.15, -0.1) is 0 Å². The van der Waals surface area contributed by atoms with Crippen molar-refractivity contribution in [2.45, 2.75) is 19.3 Å². The number of carbonyl (C=O) groups is 1. The molecule has 1 aromatic heterocycles. The first kappa shape index (κ1) is 13.1. The van der Waals surface area contributed by atoms with Gasteiger partial charge in [0.25, 0.3) is 0 Å². The predicted molar refractivity (Wildman–Crippen MR) is 63.8 cm³/mol. The van der Waals surface area contributed by atoms with Gasteiger partial charge >= 0.3 is 11.7 Å². The zero-order valence-electron chi connectivity index (χ0n) is 10.1. The Kier molecular flexibility index (Phi) is 3.52. The van der Waals surface area contributed by atoms with E-state index in [4.69, 9.17) is 15.2 Å². The number of carbonyl (C=O) groups excluding carboxylic acids is 1. The molecule has 0 radical (unpaired) electrons. The second-order valence-electron chi connectivity index (χ2n) is 3.95. The molecule has 3 N–H and O–H groups in total. The molecule has 0 saturated heterocycles. The lowest BCUT2D eigenvalue weighted by molar-refractivity contribution is -0.141. The number of rotatable bonds is 3. The van der Waals surface area contributed by atoms with Crippen molar-refractivity contribution in [3.05, 3.63) is 34.6 Å². The fourth-order valence-electron chi connectivity index (χ4n) is 1.63. The quantitative estimate of drug-likeness (QED) is 0.686. The van der Waals surface area contributed by atoms with Gasteiger partial charge in [0.05, 0.1) is 0 Å². The van der Waals surface area contributed by atoms with Crippen LogP contribution in [0.1, 0.15) is 13.2 Å². The van der Waals surface area contributed by atoms with Crippen LogP contribution in [0.5, 0.6) is 0 Å². The van der Waals surface area contributed by atoms with E-state index in [1.807, 2.05) is 0 Å². The Bertz CT molecular complexity index is 580. The van der Waals surface area contributed by atoms with Crippen molar-refractivity contribution < 1.29 is 19.4 Å². The average molecular weight is 267 g/mol. The number of hydrogen-bond donors (Lipinski definition) is 2. The van der Waals surface area contributed by atoms with Crippen molar-refractivity contribution in [2.75, 3.05) is 12.3 Å². The van der Waals surface area contributed by atoms with Crippen LogP contribution in [0.3, 0.4) is 0 Å². The molecule has 0 saturated carbocycles. The van der Waals surface area contributed by atoms with Gasteiger partial charge in [-0.1, -0.05) is 0 Å². The van der Waals surface area contributed by atoms with Gasteiger partial charge in [0.2, 0.25) is 6.23 Å². The minimum Gasteiger partial charge on any atom is -0.468 e. The van der Waals surface area contributed by atoms with Crippen molar-refractivity contribution in [2.24, 2.45) is 0 Å². The van der Waals surface area contributed by atoms with Crippen LogP contribution in [0.15, 0.2) is 28.9 Å². The molecule has 0 unspecified atom stereocenters. The van der Waals surface area contributed by atoms with E-state index >= 15 is 0 Å². The van der Waals surface area contributed by atoms with Gasteiger partial charge in [0.15, 0.2) is 0 Å². The molecular weight excluding hydrogens is 254 g/mol. The number of ether oxygens (including phenoxy) is 2. The predicted octanol–water partition coefficient (Wildman–Crippen LogP) is -0.838. The van der Waals surface area contributed by atoms with Gasteiger partial charge in [-0.05, 0) is 12.1 Å². The van der Waals surface area contributed by atoms with E-state index in [9.17, 15) is 14.7 Å². The minimum absolute atomic E-state index is 0.0850. The van der Waals surface area contributed by atoms with Crippen LogP contribution in [0.4, 0.5) is 5.82 Å². The number of nitrogens with two attached hydrogens (primary N) is 1. The Labute approximate surface area is 108 Å². The lowest BCUT2D eigenvalue weighted by Crippen LogP contribution is -2.32. The Morgan fingerprint density at radius 2 is 2.42 bits per heavy atom. The molecular formula is C11H13N3O5. The van der Waals surface area contributed by atoms with Crippen molar-refractivity contribution in [1.29, 1.82) is 0 Å². The standard InChI is InChI=1S/C11H13N3O5/c1-6(15)18-5-7-4-8(16)10(19-7)14-3-2-9(12)13-11(14)17/h2-4,8,10,16H,5H2,1H3,(H2,12,13,17)/t8-,10-/m1/s1. The Morgan fingerprint density at radius 1 is 1.68 bits per heavy atom. The number of aliphatic hydroxyl groups excluding tert-OH is 1. The SMILES string of the molecule is CC(=O)OCC1=C[C@@H](O)[C@H](n2ccc(N)nc2=O)O1. The average Bonchev–Trinajstić information content (AvgIpc) is 2.68. The number of hydrogen-bond acceptors (Lipinski definition) is 7. The van der Waals surface area contributed by atoms with Crippen LogP contribution in [0.25, 0.3) is 0 Å². The number of nitrogens with zero attached hydrogens (tertiary/aromatic N) is 2. The van der Waals surface area contributed by atoms with Crippen LogP contribution in [0.2, 0.25) is 0 Å². The van der Waals surface area contributed by atoms with E-state index in [2.05, 4.69) is 4.98 Å². The van der Waals surface area contributed by atoms with E-state index in [0.717, 1.165) is 4.57 Å². The lowest BCUT2D eigenvalue weighted by atomic mass is 10.3. The first-order valence-corrected chi connectivity index (χ1v) is 5.51. The van der Waals surface area contributed by atoms with E-state index in [-0.39, 0.29) is 18.2 Å². The number of aliphatic hydroxyl groups is 1.